The highest BCUT2D eigenvalue weighted by molar-refractivity contribution is 5.90. The van der Waals surface area contributed by atoms with E-state index in [1.54, 1.807) is 0 Å². The molecule has 2 atom stereocenters. The van der Waals surface area contributed by atoms with Crippen molar-refractivity contribution in [1.29, 1.82) is 0 Å². The molecule has 1 aliphatic heterocycles. The number of benzene rings is 1. The molecule has 7 nitrogen and oxygen atoms in total. The summed E-state index contributed by atoms with van der Waals surface area (Å²) in [5.41, 5.74) is 1.48. The first-order chi connectivity index (χ1) is 14.9. The predicted octanol–water partition coefficient (Wildman–Crippen LogP) is 3.54. The molecule has 0 saturated heterocycles. The fourth-order valence-corrected chi connectivity index (χ4v) is 4.53. The Bertz CT molecular complexity index is 761. The maximum atomic E-state index is 13.1. The SMILES string of the molecule is CNC[C@@H]1Oc2ccc(NC(=O)NC3CCCCC3)cc2CC(=O)N(C(C)C)C[C@H]1C. The molecular weight excluding hydrogens is 392 g/mol. The molecule has 0 bridgehead atoms. The van der Waals surface area contributed by atoms with Gasteiger partial charge < -0.3 is 25.6 Å². The Morgan fingerprint density at radius 3 is 2.65 bits per heavy atom. The summed E-state index contributed by atoms with van der Waals surface area (Å²) in [6, 6.07) is 5.78. The largest absolute Gasteiger partial charge is 0.488 e. The minimum Gasteiger partial charge on any atom is -0.488 e. The number of nitrogens with zero attached hydrogens (tertiary/aromatic N) is 1. The van der Waals surface area contributed by atoms with Crippen LogP contribution in [-0.2, 0) is 11.2 Å². The molecular formula is C24H38N4O3. The summed E-state index contributed by atoms with van der Waals surface area (Å²) in [6.07, 6.45) is 5.87. The van der Waals surface area contributed by atoms with Crippen LogP contribution in [0.3, 0.4) is 0 Å². The standard InChI is InChI=1S/C24H38N4O3/c1-16(2)28-15-17(3)22(14-25-4)31-21-11-10-20(12-18(21)13-23(28)29)27-24(30)26-19-8-6-5-7-9-19/h10-12,16-17,19,22,25H,5-9,13-15H2,1-4H3,(H2,26,27,30)/t17-,22+/m1/s1. The minimum absolute atomic E-state index is 0.0516. The lowest BCUT2D eigenvalue weighted by atomic mass is 9.96. The van der Waals surface area contributed by atoms with E-state index in [1.807, 2.05) is 44.0 Å². The van der Waals surface area contributed by atoms with Crippen LogP contribution in [0.1, 0.15) is 58.4 Å². The third-order valence-electron chi connectivity index (χ3n) is 6.35. The van der Waals surface area contributed by atoms with Crippen molar-refractivity contribution in [3.05, 3.63) is 23.8 Å². The molecule has 1 aromatic rings. The van der Waals surface area contributed by atoms with Crippen LogP contribution in [0.4, 0.5) is 10.5 Å². The highest BCUT2D eigenvalue weighted by Gasteiger charge is 2.29. The normalized spacial score (nSPS) is 22.7. The molecule has 7 heteroatoms. The van der Waals surface area contributed by atoms with Crippen LogP contribution < -0.4 is 20.7 Å². The summed E-state index contributed by atoms with van der Waals surface area (Å²) in [7, 11) is 1.91. The van der Waals surface area contributed by atoms with Gasteiger partial charge in [0.2, 0.25) is 5.91 Å². The number of urea groups is 1. The van der Waals surface area contributed by atoms with Crippen molar-refractivity contribution in [2.75, 3.05) is 25.5 Å². The maximum Gasteiger partial charge on any atom is 0.319 e. The second kappa shape index (κ2) is 10.8. The van der Waals surface area contributed by atoms with Crippen LogP contribution >= 0.6 is 0 Å². The Labute approximate surface area is 186 Å². The summed E-state index contributed by atoms with van der Waals surface area (Å²) >= 11 is 0. The summed E-state index contributed by atoms with van der Waals surface area (Å²) in [5, 5.41) is 9.22. The topological polar surface area (TPSA) is 82.7 Å². The molecule has 0 radical (unpaired) electrons. The van der Waals surface area contributed by atoms with Crippen molar-refractivity contribution in [2.24, 2.45) is 5.92 Å². The van der Waals surface area contributed by atoms with Gasteiger partial charge in [0.05, 0.1) is 6.42 Å². The summed E-state index contributed by atoms with van der Waals surface area (Å²) in [4.78, 5) is 27.5. The average Bonchev–Trinajstić information content (AvgIpc) is 2.77. The lowest BCUT2D eigenvalue weighted by Crippen LogP contribution is -2.45. The van der Waals surface area contributed by atoms with E-state index >= 15 is 0 Å². The van der Waals surface area contributed by atoms with Crippen molar-refractivity contribution in [1.82, 2.24) is 15.5 Å². The number of likely N-dealkylation sites (N-methyl/N-ethyl adjacent to an activating group) is 1. The van der Waals surface area contributed by atoms with Crippen LogP contribution in [-0.4, -0.2) is 55.2 Å². The van der Waals surface area contributed by atoms with Crippen molar-refractivity contribution in [3.8, 4) is 5.75 Å². The molecule has 1 saturated carbocycles. The quantitative estimate of drug-likeness (QED) is 0.667. The number of nitrogens with one attached hydrogen (secondary N) is 3. The number of ether oxygens (including phenoxy) is 1. The Kier molecular flexibility index (Phi) is 8.18. The Morgan fingerprint density at radius 1 is 1.23 bits per heavy atom. The highest BCUT2D eigenvalue weighted by Crippen LogP contribution is 2.29. The van der Waals surface area contributed by atoms with E-state index in [2.05, 4.69) is 22.9 Å². The fraction of sp³-hybridized carbons (Fsp3) is 0.667. The third-order valence-corrected chi connectivity index (χ3v) is 6.35. The molecule has 1 heterocycles. The van der Waals surface area contributed by atoms with Gasteiger partial charge >= 0.3 is 6.03 Å². The first kappa shape index (κ1) is 23.4. The van der Waals surface area contributed by atoms with Crippen LogP contribution in [0, 0.1) is 5.92 Å². The van der Waals surface area contributed by atoms with Crippen LogP contribution in [0.25, 0.3) is 0 Å². The number of amides is 3. The molecule has 2 aliphatic rings. The van der Waals surface area contributed by atoms with Gasteiger partial charge in [0.15, 0.2) is 0 Å². The van der Waals surface area contributed by atoms with E-state index < -0.39 is 0 Å². The summed E-state index contributed by atoms with van der Waals surface area (Å²) in [6.45, 7) is 7.58. The van der Waals surface area contributed by atoms with Gasteiger partial charge in [-0.2, -0.15) is 0 Å². The lowest BCUT2D eigenvalue weighted by molar-refractivity contribution is -0.133. The van der Waals surface area contributed by atoms with E-state index in [1.165, 1.54) is 19.3 Å². The number of carbonyl (C=O) groups excluding carboxylic acids is 2. The van der Waals surface area contributed by atoms with Gasteiger partial charge in [-0.05, 0) is 51.9 Å². The minimum atomic E-state index is -0.187. The number of rotatable bonds is 5. The van der Waals surface area contributed by atoms with Crippen LogP contribution in [0.15, 0.2) is 18.2 Å². The number of hydrogen-bond donors (Lipinski definition) is 3. The van der Waals surface area contributed by atoms with E-state index in [4.69, 9.17) is 4.74 Å². The second-order valence-corrected chi connectivity index (χ2v) is 9.26. The predicted molar refractivity (Wildman–Crippen MR) is 124 cm³/mol. The molecule has 3 N–H and O–H groups in total. The van der Waals surface area contributed by atoms with E-state index in [0.717, 1.165) is 18.4 Å². The number of hydrogen-bond acceptors (Lipinski definition) is 4. The number of anilines is 1. The molecule has 1 fully saturated rings. The molecule has 172 valence electrons. The van der Waals surface area contributed by atoms with Gasteiger partial charge in [-0.15, -0.1) is 0 Å². The molecule has 0 aromatic heterocycles. The lowest BCUT2D eigenvalue weighted by Gasteiger charge is -2.31. The molecule has 31 heavy (non-hydrogen) atoms. The van der Waals surface area contributed by atoms with Crippen molar-refractivity contribution in [2.45, 2.75) is 77.5 Å². The Morgan fingerprint density at radius 2 is 1.97 bits per heavy atom. The van der Waals surface area contributed by atoms with Gasteiger partial charge in [0.25, 0.3) is 0 Å². The zero-order chi connectivity index (χ0) is 22.4. The summed E-state index contributed by atoms with van der Waals surface area (Å²) < 4.78 is 6.36. The zero-order valence-electron chi connectivity index (χ0n) is 19.4. The zero-order valence-corrected chi connectivity index (χ0v) is 19.4. The first-order valence-corrected chi connectivity index (χ1v) is 11.7. The Balaban J connectivity index is 1.79. The van der Waals surface area contributed by atoms with Gasteiger partial charge in [-0.1, -0.05) is 26.2 Å². The van der Waals surface area contributed by atoms with Crippen LogP contribution in [0.2, 0.25) is 0 Å². The smallest absolute Gasteiger partial charge is 0.319 e. The van der Waals surface area contributed by atoms with Crippen molar-refractivity contribution < 1.29 is 14.3 Å². The molecule has 3 amide bonds. The number of carbonyl (C=O) groups is 2. The van der Waals surface area contributed by atoms with E-state index in [0.29, 0.717) is 24.5 Å². The van der Waals surface area contributed by atoms with Gasteiger partial charge in [0, 0.05) is 42.3 Å². The number of fused-ring (bicyclic) bond motifs is 1. The average molecular weight is 431 g/mol. The van der Waals surface area contributed by atoms with Gasteiger partial charge in [0.1, 0.15) is 11.9 Å². The molecule has 0 spiro atoms. The van der Waals surface area contributed by atoms with Gasteiger partial charge in [-0.25, -0.2) is 4.79 Å². The molecule has 0 unspecified atom stereocenters. The van der Waals surface area contributed by atoms with E-state index in [9.17, 15) is 9.59 Å². The molecule has 3 rings (SSSR count). The van der Waals surface area contributed by atoms with Crippen LogP contribution in [0.5, 0.6) is 5.75 Å². The highest BCUT2D eigenvalue weighted by atomic mass is 16.5. The molecule has 1 aromatic carbocycles. The summed E-state index contributed by atoms with van der Waals surface area (Å²) in [5.74, 6) is 0.980. The fourth-order valence-electron chi connectivity index (χ4n) is 4.53. The van der Waals surface area contributed by atoms with Crippen molar-refractivity contribution >= 4 is 17.6 Å². The Hall–Kier alpha value is -2.28. The second-order valence-electron chi connectivity index (χ2n) is 9.26. The third kappa shape index (κ3) is 6.35. The maximum absolute atomic E-state index is 13.1. The van der Waals surface area contributed by atoms with Crippen molar-refractivity contribution in [3.63, 3.8) is 0 Å². The first-order valence-electron chi connectivity index (χ1n) is 11.7. The molecule has 1 aliphatic carbocycles. The van der Waals surface area contributed by atoms with E-state index in [-0.39, 0.29) is 42.5 Å². The monoisotopic (exact) mass is 430 g/mol. The van der Waals surface area contributed by atoms with Gasteiger partial charge in [-0.3, -0.25) is 4.79 Å².